The molecule has 1 aliphatic carbocycles. The number of allylic oxidation sites excluding steroid dienone is 8. The Balaban J connectivity index is 1.27. The molecule has 0 saturated carbocycles. The Labute approximate surface area is 377 Å². The van der Waals surface area contributed by atoms with Crippen LogP contribution in [0.15, 0.2) is 120 Å². The van der Waals surface area contributed by atoms with Gasteiger partial charge in [0.05, 0.1) is 17.8 Å². The first-order chi connectivity index (χ1) is 30.7. The van der Waals surface area contributed by atoms with Gasteiger partial charge in [-0.2, -0.15) is 13.0 Å². The van der Waals surface area contributed by atoms with Crippen LogP contribution in [0, 0.1) is 5.41 Å². The fourth-order valence-electron chi connectivity index (χ4n) is 9.86. The highest BCUT2D eigenvalue weighted by Gasteiger charge is 2.49. The second kappa shape index (κ2) is 19.5. The molecule has 4 aromatic rings. The van der Waals surface area contributed by atoms with Crippen molar-refractivity contribution in [2.45, 2.75) is 85.0 Å². The van der Waals surface area contributed by atoms with E-state index < -0.39 is 33.1 Å². The highest BCUT2D eigenvalue weighted by molar-refractivity contribution is 7.85. The third-order valence-electron chi connectivity index (χ3n) is 12.9. The van der Waals surface area contributed by atoms with Gasteiger partial charge in [-0.15, -0.1) is 0 Å². The maximum atomic E-state index is 14.7. The number of carbonyl (C=O) groups excluding carboxylic acids is 3. The molecule has 0 fully saturated rings. The number of ether oxygens (including phenoxy) is 1. The summed E-state index contributed by atoms with van der Waals surface area (Å²) < 4.78 is 40.4. The van der Waals surface area contributed by atoms with E-state index in [1.807, 2.05) is 18.2 Å². The van der Waals surface area contributed by atoms with Gasteiger partial charge in [-0.1, -0.05) is 79.2 Å². The maximum absolute atomic E-state index is 14.7. The molecule has 0 bridgehead atoms. The zero-order valence-corrected chi connectivity index (χ0v) is 38.5. The standard InChI is InChI=1S/C52H60N4O7S/c1-6-55-40(33-43-41-18-13-11-16-38(41)23-26-44(43)55)25-21-36-32-37(22-28-46-51(4,5)48-42-19-14-12-17-39(42)24-27-45(48)56(46)7-2)35-52(34-36,50(59)54-30-31-64(60,61)62)49(58)53-29-15-9-10-20-47(57)63-8-3/h11-14,16-19,21-28,32H,6-10,15,20,29-31,33-35H2,1-5H3,(H2-,53,54,58,59,60,61,62)/p+1. The Morgan fingerprint density at radius 1 is 0.828 bits per heavy atom. The van der Waals surface area contributed by atoms with Crippen LogP contribution in [0.3, 0.4) is 0 Å². The molecule has 1 atom stereocenters. The monoisotopic (exact) mass is 885 g/mol. The first-order valence-electron chi connectivity index (χ1n) is 22.6. The van der Waals surface area contributed by atoms with Gasteiger partial charge in [0.15, 0.2) is 5.71 Å². The average Bonchev–Trinajstić information content (AvgIpc) is 3.75. The van der Waals surface area contributed by atoms with Crippen molar-refractivity contribution >= 4 is 66.5 Å². The number of nitrogens with zero attached hydrogens (tertiary/aromatic N) is 2. The van der Waals surface area contributed by atoms with Crippen LogP contribution < -0.4 is 15.5 Å². The molecule has 0 spiro atoms. The number of rotatable bonds is 17. The fourth-order valence-corrected chi connectivity index (χ4v) is 10.2. The van der Waals surface area contributed by atoms with Crippen molar-refractivity contribution < 1.29 is 36.7 Å². The smallest absolute Gasteiger partial charge is 0.305 e. The summed E-state index contributed by atoms with van der Waals surface area (Å²) in [6.07, 6.45) is 13.3. The van der Waals surface area contributed by atoms with Crippen molar-refractivity contribution in [2.24, 2.45) is 5.41 Å². The van der Waals surface area contributed by atoms with Gasteiger partial charge in [0.25, 0.3) is 10.1 Å². The minimum absolute atomic E-state index is 0.0536. The van der Waals surface area contributed by atoms with Crippen LogP contribution in [-0.4, -0.2) is 79.6 Å². The number of carbonyl (C=O) groups is 3. The average molecular weight is 886 g/mol. The van der Waals surface area contributed by atoms with Gasteiger partial charge in [-0.3, -0.25) is 18.9 Å². The van der Waals surface area contributed by atoms with E-state index in [4.69, 9.17) is 4.74 Å². The van der Waals surface area contributed by atoms with E-state index in [-0.39, 0.29) is 43.7 Å². The third-order valence-corrected chi connectivity index (χ3v) is 13.6. The molecule has 336 valence electrons. The summed E-state index contributed by atoms with van der Waals surface area (Å²) in [6, 6.07) is 25.5. The summed E-state index contributed by atoms with van der Waals surface area (Å²) in [6.45, 7) is 12.2. The highest BCUT2D eigenvalue weighted by atomic mass is 32.2. The van der Waals surface area contributed by atoms with Gasteiger partial charge in [0.1, 0.15) is 12.0 Å². The van der Waals surface area contributed by atoms with Crippen LogP contribution in [-0.2, 0) is 41.1 Å². The van der Waals surface area contributed by atoms with Crippen LogP contribution in [0.2, 0.25) is 0 Å². The number of unbranched alkanes of at least 4 members (excludes halogenated alkanes) is 2. The molecule has 0 saturated heterocycles. The van der Waals surface area contributed by atoms with Crippen molar-refractivity contribution in [1.29, 1.82) is 0 Å². The molecule has 7 rings (SSSR count). The number of benzene rings is 4. The van der Waals surface area contributed by atoms with Crippen molar-refractivity contribution in [3.63, 3.8) is 0 Å². The highest BCUT2D eigenvalue weighted by Crippen LogP contribution is 2.46. The molecule has 11 nitrogen and oxygen atoms in total. The van der Waals surface area contributed by atoms with E-state index in [0.717, 1.165) is 53.4 Å². The van der Waals surface area contributed by atoms with Gasteiger partial charge in [-0.25, -0.2) is 0 Å². The zero-order chi connectivity index (χ0) is 45.6. The molecule has 3 aliphatic rings. The molecule has 2 heterocycles. The topological polar surface area (TPSA) is 145 Å². The lowest BCUT2D eigenvalue weighted by atomic mass is 9.70. The summed E-state index contributed by atoms with van der Waals surface area (Å²) in [5, 5.41) is 10.5. The fraction of sp³-hybridized carbons (Fsp3) is 0.385. The predicted molar refractivity (Wildman–Crippen MR) is 256 cm³/mol. The van der Waals surface area contributed by atoms with Gasteiger partial charge in [-0.05, 0) is 117 Å². The van der Waals surface area contributed by atoms with E-state index in [1.165, 1.54) is 32.7 Å². The molecular weight excluding hydrogens is 825 g/mol. The maximum Gasteiger partial charge on any atom is 0.305 e. The Kier molecular flexibility index (Phi) is 14.1. The van der Waals surface area contributed by atoms with E-state index >= 15 is 0 Å². The zero-order valence-electron chi connectivity index (χ0n) is 37.7. The second-order valence-corrected chi connectivity index (χ2v) is 19.0. The van der Waals surface area contributed by atoms with Crippen molar-refractivity contribution in [2.75, 3.05) is 43.4 Å². The number of hydrogen-bond acceptors (Lipinski definition) is 7. The lowest BCUT2D eigenvalue weighted by Crippen LogP contribution is -2.53. The van der Waals surface area contributed by atoms with Gasteiger partial charge in [0.2, 0.25) is 17.5 Å². The van der Waals surface area contributed by atoms with Gasteiger partial charge < -0.3 is 20.3 Å². The summed E-state index contributed by atoms with van der Waals surface area (Å²) in [4.78, 5) is 43.4. The molecule has 12 heteroatoms. The van der Waals surface area contributed by atoms with E-state index in [2.05, 4.69) is 133 Å². The number of likely N-dealkylation sites (N-methyl/N-ethyl adjacent to an activating group) is 1. The van der Waals surface area contributed by atoms with Crippen LogP contribution in [0.4, 0.5) is 11.4 Å². The van der Waals surface area contributed by atoms with Crippen LogP contribution in [0.25, 0.3) is 21.5 Å². The summed E-state index contributed by atoms with van der Waals surface area (Å²) in [5.41, 5.74) is 6.50. The summed E-state index contributed by atoms with van der Waals surface area (Å²) in [7, 11) is -4.38. The normalized spacial score (nSPS) is 19.4. The molecule has 0 radical (unpaired) electrons. The molecule has 1 unspecified atom stereocenters. The van der Waals surface area contributed by atoms with E-state index in [0.29, 0.717) is 25.9 Å². The third kappa shape index (κ3) is 9.63. The Morgan fingerprint density at radius 2 is 1.52 bits per heavy atom. The molecule has 4 aromatic carbocycles. The number of anilines is 1. The Hall–Kier alpha value is -5.85. The van der Waals surface area contributed by atoms with Crippen LogP contribution >= 0.6 is 0 Å². The van der Waals surface area contributed by atoms with Crippen molar-refractivity contribution in [3.8, 4) is 0 Å². The number of nitrogens with one attached hydrogen (secondary N) is 2. The Morgan fingerprint density at radius 3 is 2.22 bits per heavy atom. The number of amides is 2. The Bertz CT molecular complexity index is 2750. The lowest BCUT2D eigenvalue weighted by molar-refractivity contribution is -0.433. The largest absolute Gasteiger partial charge is 0.466 e. The molecule has 64 heavy (non-hydrogen) atoms. The second-order valence-electron chi connectivity index (χ2n) is 17.4. The molecule has 0 aromatic heterocycles. The first-order valence-corrected chi connectivity index (χ1v) is 24.2. The summed E-state index contributed by atoms with van der Waals surface area (Å²) in [5.74, 6) is -2.04. The van der Waals surface area contributed by atoms with Gasteiger partial charge in [0, 0.05) is 61.6 Å². The predicted octanol–water partition coefficient (Wildman–Crippen LogP) is 8.79. The molecule has 2 aliphatic heterocycles. The SMILES string of the molecule is CCOC(=O)CCCCCNC(=O)C1(C(=O)NCCS(=O)(=O)O)CC(=CC=C2Cc3c(ccc4ccccc34)N2CC)C=C(C=CC2=[N+](CC)c3ccc4ccccc4c3C2(C)C)C1. The number of fused-ring (bicyclic) bond motifs is 6. The van der Waals surface area contributed by atoms with E-state index in [9.17, 15) is 27.4 Å². The number of esters is 1. The number of hydrogen-bond donors (Lipinski definition) is 3. The lowest BCUT2D eigenvalue weighted by Gasteiger charge is -2.35. The minimum atomic E-state index is -4.38. The molecular formula is C52H61N4O7S+. The van der Waals surface area contributed by atoms with Crippen molar-refractivity contribution in [1.82, 2.24) is 10.6 Å². The quantitative estimate of drug-likeness (QED) is 0.0314. The van der Waals surface area contributed by atoms with Crippen molar-refractivity contribution in [3.05, 3.63) is 131 Å². The molecule has 2 amide bonds. The minimum Gasteiger partial charge on any atom is -0.466 e. The van der Waals surface area contributed by atoms with Gasteiger partial charge >= 0.3 is 5.97 Å². The van der Waals surface area contributed by atoms with E-state index in [1.54, 1.807) is 6.92 Å². The van der Waals surface area contributed by atoms with Crippen LogP contribution in [0.1, 0.15) is 84.3 Å². The summed E-state index contributed by atoms with van der Waals surface area (Å²) >= 11 is 0. The van der Waals surface area contributed by atoms with Crippen LogP contribution in [0.5, 0.6) is 0 Å². The molecule has 3 N–H and O–H groups in total. The first kappa shape index (κ1) is 46.2.